The maximum atomic E-state index is 12.0. The maximum absolute atomic E-state index is 12.0. The number of carbonyl (C=O) groups is 1. The van der Waals surface area contributed by atoms with E-state index in [1.165, 1.54) is 0 Å². The second-order valence-electron chi connectivity index (χ2n) is 4.39. The van der Waals surface area contributed by atoms with Crippen LogP contribution in [-0.2, 0) is 0 Å². The zero-order valence-electron chi connectivity index (χ0n) is 11.4. The molecule has 0 unspecified atom stereocenters. The van der Waals surface area contributed by atoms with Crippen molar-refractivity contribution in [3.8, 4) is 5.82 Å². The number of pyridine rings is 1. The van der Waals surface area contributed by atoms with Gasteiger partial charge in [-0.15, -0.1) is 5.10 Å². The van der Waals surface area contributed by atoms with E-state index in [1.807, 2.05) is 23.8 Å². The molecule has 0 fully saturated rings. The van der Waals surface area contributed by atoms with E-state index in [0.29, 0.717) is 16.3 Å². The van der Waals surface area contributed by atoms with Crippen LogP contribution in [0.5, 0.6) is 0 Å². The predicted octanol–water partition coefficient (Wildman–Crippen LogP) is 1.99. The van der Waals surface area contributed by atoms with Crippen LogP contribution in [0.25, 0.3) is 5.82 Å². The minimum atomic E-state index is -0.226. The number of rotatable bonds is 3. The summed E-state index contributed by atoms with van der Waals surface area (Å²) in [5, 5.41) is 6.60. The molecule has 0 aliphatic heterocycles. The Kier molecular flexibility index (Phi) is 3.44. The van der Waals surface area contributed by atoms with Crippen LogP contribution in [0.1, 0.15) is 21.2 Å². The number of imidazole rings is 1. The predicted molar refractivity (Wildman–Crippen MR) is 78.7 cm³/mol. The Morgan fingerprint density at radius 2 is 2.14 bits per heavy atom. The summed E-state index contributed by atoms with van der Waals surface area (Å²) in [6, 6.07) is 3.62. The number of amides is 1. The number of hydrogen-bond acceptors (Lipinski definition) is 6. The zero-order chi connectivity index (χ0) is 14.8. The molecule has 0 saturated carbocycles. The van der Waals surface area contributed by atoms with Crippen molar-refractivity contribution in [2.24, 2.45) is 0 Å². The topological polar surface area (TPSA) is 85.6 Å². The lowest BCUT2D eigenvalue weighted by atomic mass is 10.3. The monoisotopic (exact) mass is 300 g/mol. The first-order valence-corrected chi connectivity index (χ1v) is 6.99. The highest BCUT2D eigenvalue weighted by Crippen LogP contribution is 2.15. The molecule has 21 heavy (non-hydrogen) atoms. The fourth-order valence-corrected chi connectivity index (χ4v) is 2.40. The highest BCUT2D eigenvalue weighted by molar-refractivity contribution is 7.08. The van der Waals surface area contributed by atoms with Crippen molar-refractivity contribution >= 4 is 23.1 Å². The van der Waals surface area contributed by atoms with Crippen molar-refractivity contribution in [3.63, 3.8) is 0 Å². The van der Waals surface area contributed by atoms with Crippen LogP contribution in [0.15, 0.2) is 30.7 Å². The van der Waals surface area contributed by atoms with Gasteiger partial charge in [0.05, 0.1) is 17.6 Å². The summed E-state index contributed by atoms with van der Waals surface area (Å²) < 4.78 is 5.61. The SMILES string of the molecule is Cc1nnsc1C(=O)Nc1ccc(-n2ccnc2C)nc1. The molecule has 0 aliphatic rings. The van der Waals surface area contributed by atoms with E-state index in [9.17, 15) is 4.79 Å². The van der Waals surface area contributed by atoms with Gasteiger partial charge in [0.25, 0.3) is 5.91 Å². The first-order chi connectivity index (χ1) is 10.1. The molecular formula is C13H12N6OS. The minimum absolute atomic E-state index is 0.226. The summed E-state index contributed by atoms with van der Waals surface area (Å²) in [5.74, 6) is 1.38. The van der Waals surface area contributed by atoms with Crippen LogP contribution in [-0.4, -0.2) is 30.0 Å². The summed E-state index contributed by atoms with van der Waals surface area (Å²) in [5.41, 5.74) is 1.24. The molecule has 1 amide bonds. The summed E-state index contributed by atoms with van der Waals surface area (Å²) >= 11 is 1.07. The third-order valence-corrected chi connectivity index (χ3v) is 3.76. The summed E-state index contributed by atoms with van der Waals surface area (Å²) in [6.45, 7) is 3.65. The van der Waals surface area contributed by atoms with Gasteiger partial charge in [0.2, 0.25) is 0 Å². The highest BCUT2D eigenvalue weighted by Gasteiger charge is 2.13. The van der Waals surface area contributed by atoms with E-state index in [1.54, 1.807) is 25.4 Å². The fourth-order valence-electron chi connectivity index (χ4n) is 1.85. The lowest BCUT2D eigenvalue weighted by Crippen LogP contribution is -2.12. The summed E-state index contributed by atoms with van der Waals surface area (Å²) in [7, 11) is 0. The number of carbonyl (C=O) groups excluding carboxylic acids is 1. The number of aromatic nitrogens is 5. The second-order valence-corrected chi connectivity index (χ2v) is 5.15. The Hall–Kier alpha value is -2.61. The van der Waals surface area contributed by atoms with Gasteiger partial charge in [0, 0.05) is 12.4 Å². The molecule has 0 saturated heterocycles. The second kappa shape index (κ2) is 5.41. The molecule has 0 aromatic carbocycles. The molecule has 3 rings (SSSR count). The molecule has 8 heteroatoms. The van der Waals surface area contributed by atoms with Gasteiger partial charge < -0.3 is 5.32 Å². The molecule has 0 atom stereocenters. The minimum Gasteiger partial charge on any atom is -0.320 e. The Morgan fingerprint density at radius 1 is 1.29 bits per heavy atom. The standard InChI is InChI=1S/C13H12N6OS/c1-8-12(21-18-17-8)13(20)16-10-3-4-11(15-7-10)19-6-5-14-9(19)2/h3-7H,1-2H3,(H,16,20). The largest absolute Gasteiger partial charge is 0.320 e. The molecular weight excluding hydrogens is 288 g/mol. The van der Waals surface area contributed by atoms with Gasteiger partial charge in [0.15, 0.2) is 0 Å². The average Bonchev–Trinajstić information content (AvgIpc) is 3.08. The molecule has 0 bridgehead atoms. The molecule has 3 heterocycles. The van der Waals surface area contributed by atoms with Crippen molar-refractivity contribution < 1.29 is 4.79 Å². The number of anilines is 1. The lowest BCUT2D eigenvalue weighted by molar-refractivity contribution is 0.103. The van der Waals surface area contributed by atoms with E-state index >= 15 is 0 Å². The number of nitrogens with zero attached hydrogens (tertiary/aromatic N) is 5. The third-order valence-electron chi connectivity index (χ3n) is 2.94. The Bertz CT molecular complexity index is 776. The van der Waals surface area contributed by atoms with Gasteiger partial charge in [-0.1, -0.05) is 4.49 Å². The van der Waals surface area contributed by atoms with E-state index in [-0.39, 0.29) is 5.91 Å². The van der Waals surface area contributed by atoms with Crippen LogP contribution < -0.4 is 5.32 Å². The Morgan fingerprint density at radius 3 is 2.71 bits per heavy atom. The van der Waals surface area contributed by atoms with Gasteiger partial charge in [-0.3, -0.25) is 9.36 Å². The molecule has 1 N–H and O–H groups in total. The summed E-state index contributed by atoms with van der Waals surface area (Å²) in [4.78, 5) is 21.0. The average molecular weight is 300 g/mol. The first kappa shape index (κ1) is 13.4. The van der Waals surface area contributed by atoms with Gasteiger partial charge in [0.1, 0.15) is 16.5 Å². The number of nitrogens with one attached hydrogen (secondary N) is 1. The van der Waals surface area contributed by atoms with Crippen LogP contribution in [0.3, 0.4) is 0 Å². The van der Waals surface area contributed by atoms with Crippen LogP contribution in [0.4, 0.5) is 5.69 Å². The number of hydrogen-bond donors (Lipinski definition) is 1. The zero-order valence-corrected chi connectivity index (χ0v) is 12.3. The smallest absolute Gasteiger partial charge is 0.269 e. The Balaban J connectivity index is 1.78. The highest BCUT2D eigenvalue weighted by atomic mass is 32.1. The van der Waals surface area contributed by atoms with Crippen LogP contribution in [0, 0.1) is 13.8 Å². The van der Waals surface area contributed by atoms with Gasteiger partial charge in [-0.2, -0.15) is 0 Å². The lowest BCUT2D eigenvalue weighted by Gasteiger charge is -2.06. The van der Waals surface area contributed by atoms with Gasteiger partial charge >= 0.3 is 0 Å². The van der Waals surface area contributed by atoms with Crippen molar-refractivity contribution in [1.29, 1.82) is 0 Å². The quantitative estimate of drug-likeness (QED) is 0.799. The van der Waals surface area contributed by atoms with E-state index < -0.39 is 0 Å². The van der Waals surface area contributed by atoms with Crippen molar-refractivity contribution in [1.82, 2.24) is 24.1 Å². The fraction of sp³-hybridized carbons (Fsp3) is 0.154. The molecule has 3 aromatic rings. The summed E-state index contributed by atoms with van der Waals surface area (Å²) in [6.07, 6.45) is 5.16. The molecule has 7 nitrogen and oxygen atoms in total. The van der Waals surface area contributed by atoms with Crippen molar-refractivity contribution in [2.45, 2.75) is 13.8 Å². The number of aryl methyl sites for hydroxylation is 2. The third kappa shape index (κ3) is 2.65. The van der Waals surface area contributed by atoms with E-state index in [2.05, 4.69) is 24.9 Å². The van der Waals surface area contributed by atoms with Crippen LogP contribution >= 0.6 is 11.5 Å². The first-order valence-electron chi connectivity index (χ1n) is 6.22. The van der Waals surface area contributed by atoms with E-state index in [0.717, 1.165) is 23.2 Å². The van der Waals surface area contributed by atoms with Crippen LogP contribution in [0.2, 0.25) is 0 Å². The molecule has 3 aromatic heterocycles. The van der Waals surface area contributed by atoms with Gasteiger partial charge in [-0.25, -0.2) is 9.97 Å². The van der Waals surface area contributed by atoms with Gasteiger partial charge in [-0.05, 0) is 37.5 Å². The normalized spacial score (nSPS) is 10.6. The molecule has 0 aliphatic carbocycles. The molecule has 106 valence electrons. The van der Waals surface area contributed by atoms with E-state index in [4.69, 9.17) is 0 Å². The Labute approximate surface area is 124 Å². The van der Waals surface area contributed by atoms with Crippen molar-refractivity contribution in [2.75, 3.05) is 5.32 Å². The molecule has 0 spiro atoms. The van der Waals surface area contributed by atoms with Crippen molar-refractivity contribution in [3.05, 3.63) is 47.1 Å². The molecule has 0 radical (unpaired) electrons. The maximum Gasteiger partial charge on any atom is 0.269 e.